The van der Waals surface area contributed by atoms with Gasteiger partial charge >= 0.3 is 0 Å². The van der Waals surface area contributed by atoms with Gasteiger partial charge < -0.3 is 4.57 Å². The molecule has 0 aliphatic heterocycles. The fourth-order valence-corrected chi connectivity index (χ4v) is 7.47. The summed E-state index contributed by atoms with van der Waals surface area (Å²) >= 11 is 0. The lowest BCUT2D eigenvalue weighted by Crippen LogP contribution is -1.97. The molecular weight excluding hydrogens is 715 g/mol. The van der Waals surface area contributed by atoms with Gasteiger partial charge in [0.25, 0.3) is 0 Å². The summed E-state index contributed by atoms with van der Waals surface area (Å²) in [5.41, 5.74) is 4.68. The molecule has 0 aliphatic carbocycles. The number of fused-ring (bicyclic) bond motifs is 4. The molecule has 0 radical (unpaired) electrons. The Morgan fingerprint density at radius 3 is 1.53 bits per heavy atom. The third kappa shape index (κ3) is 6.26. The second kappa shape index (κ2) is 14.6. The fourth-order valence-electron chi connectivity index (χ4n) is 7.47. The first kappa shape index (κ1) is 21.0. The Hall–Kier alpha value is -7.88. The predicted molar refractivity (Wildman–Crippen MR) is 246 cm³/mol. The van der Waals surface area contributed by atoms with Crippen LogP contribution in [0.25, 0.3) is 106 Å². The standard InChI is InChI=1S/C56H37N3/c1-3-13-38(14-4-1)39-25-29-43(30-26-39)52-37-53(58-56(57-52)44-15-5-2-6-16-44)49-36-35-46(47-17-7-8-18-48(47)49)42-27-23-40(24-28-42)41-31-33-45(34-32-41)59-54-21-11-9-19-50(54)51-20-10-12-22-55(51)59/h1-37H/i1D,3D,4D,9D,10D,11D,12D,13D,14D,19D,20D,21D,22D,25D,26D,29D,30D. The van der Waals surface area contributed by atoms with Gasteiger partial charge in [-0.3, -0.25) is 0 Å². The molecule has 0 N–H and O–H groups in total. The van der Waals surface area contributed by atoms with Crippen LogP contribution in [-0.4, -0.2) is 14.5 Å². The van der Waals surface area contributed by atoms with Gasteiger partial charge in [0.2, 0.25) is 0 Å². The van der Waals surface area contributed by atoms with Gasteiger partial charge in [0.05, 0.1) is 45.7 Å². The van der Waals surface area contributed by atoms with E-state index in [1.807, 2.05) is 103 Å². The maximum atomic E-state index is 9.22. The molecule has 0 saturated heterocycles. The highest BCUT2D eigenvalue weighted by atomic mass is 15.0. The second-order valence-electron chi connectivity index (χ2n) is 13.7. The molecule has 0 atom stereocenters. The summed E-state index contributed by atoms with van der Waals surface area (Å²) in [5, 5.41) is 1.68. The van der Waals surface area contributed by atoms with E-state index in [1.54, 1.807) is 18.2 Å². The maximum Gasteiger partial charge on any atom is 0.160 e. The van der Waals surface area contributed by atoms with Crippen LogP contribution in [0.2, 0.25) is 0 Å². The Labute approximate surface area is 367 Å². The zero-order valence-electron chi connectivity index (χ0n) is 47.9. The lowest BCUT2D eigenvalue weighted by Gasteiger charge is -2.14. The topological polar surface area (TPSA) is 30.7 Å². The van der Waals surface area contributed by atoms with Gasteiger partial charge in [-0.15, -0.1) is 0 Å². The first-order chi connectivity index (χ1) is 36.3. The van der Waals surface area contributed by atoms with Crippen molar-refractivity contribution in [1.82, 2.24) is 14.5 Å². The number of para-hydroxylation sites is 2. The van der Waals surface area contributed by atoms with Gasteiger partial charge in [-0.2, -0.15) is 0 Å². The van der Waals surface area contributed by atoms with Crippen LogP contribution in [0.3, 0.4) is 0 Å². The highest BCUT2D eigenvalue weighted by molar-refractivity contribution is 6.09. The minimum Gasteiger partial charge on any atom is -0.309 e. The molecule has 11 rings (SSSR count). The molecule has 2 heterocycles. The normalized spacial score (nSPS) is 15.4. The Balaban J connectivity index is 0.989. The summed E-state index contributed by atoms with van der Waals surface area (Å²) in [6.45, 7) is 0. The van der Waals surface area contributed by atoms with E-state index in [9.17, 15) is 2.74 Å². The van der Waals surface area contributed by atoms with E-state index in [0.29, 0.717) is 22.5 Å². The summed E-state index contributed by atoms with van der Waals surface area (Å²) in [7, 11) is 0. The van der Waals surface area contributed by atoms with Crippen LogP contribution in [0.5, 0.6) is 0 Å². The molecule has 3 heteroatoms. The molecule has 0 fully saturated rings. The van der Waals surface area contributed by atoms with E-state index < -0.39 is 102 Å². The molecule has 0 spiro atoms. The van der Waals surface area contributed by atoms with Crippen LogP contribution < -0.4 is 0 Å². The Kier molecular flexibility index (Phi) is 5.19. The van der Waals surface area contributed by atoms with Gasteiger partial charge in [0.1, 0.15) is 0 Å². The van der Waals surface area contributed by atoms with Gasteiger partial charge in [-0.25, -0.2) is 9.97 Å². The van der Waals surface area contributed by atoms with Crippen LogP contribution in [0, 0.1) is 0 Å². The molecule has 0 saturated carbocycles. The minimum atomic E-state index is -0.669. The van der Waals surface area contributed by atoms with Crippen LogP contribution in [0.15, 0.2) is 224 Å². The molecule has 0 aliphatic rings. The average Bonchev–Trinajstić information content (AvgIpc) is 3.99. The lowest BCUT2D eigenvalue weighted by atomic mass is 9.92. The molecular formula is C56H37N3. The van der Waals surface area contributed by atoms with Crippen molar-refractivity contribution in [2.24, 2.45) is 0 Å². The Morgan fingerprint density at radius 2 is 0.847 bits per heavy atom. The Morgan fingerprint density at radius 1 is 0.339 bits per heavy atom. The molecule has 2 aromatic heterocycles. The van der Waals surface area contributed by atoms with Crippen molar-refractivity contribution in [1.29, 1.82) is 0 Å². The zero-order valence-corrected chi connectivity index (χ0v) is 30.9. The number of hydrogen-bond acceptors (Lipinski definition) is 2. The summed E-state index contributed by atoms with van der Waals surface area (Å²) in [6.07, 6.45) is 0. The SMILES string of the molecule is [2H]c1c([2H])c([2H])c(-c2c([2H])c([2H])c(-c3cc(-c4ccc(-c5ccc(-c6ccc(-n7c8c([2H])c([2H])c([2H])c([2H])c8c8c([2H])c([2H])c([2H])c([2H])c87)cc6)cc5)c5ccccc45)nc(-c4ccccc4)n3)c([2H])c2[2H])c([2H])c1[2H]. The lowest BCUT2D eigenvalue weighted by molar-refractivity contribution is 1.18. The average molecular weight is 769 g/mol. The second-order valence-corrected chi connectivity index (χ2v) is 13.7. The largest absolute Gasteiger partial charge is 0.309 e. The molecule has 276 valence electrons. The smallest absolute Gasteiger partial charge is 0.160 e. The van der Waals surface area contributed by atoms with Crippen LogP contribution in [0.4, 0.5) is 0 Å². The molecule has 0 amide bonds. The highest BCUT2D eigenvalue weighted by Gasteiger charge is 2.16. The van der Waals surface area contributed by atoms with Crippen molar-refractivity contribution in [2.75, 3.05) is 0 Å². The van der Waals surface area contributed by atoms with Crippen molar-refractivity contribution < 1.29 is 23.3 Å². The van der Waals surface area contributed by atoms with Gasteiger partial charge in [-0.1, -0.05) is 194 Å². The van der Waals surface area contributed by atoms with Crippen LogP contribution >= 0.6 is 0 Å². The van der Waals surface area contributed by atoms with Crippen molar-refractivity contribution in [3.63, 3.8) is 0 Å². The molecule has 59 heavy (non-hydrogen) atoms. The first-order valence-electron chi connectivity index (χ1n) is 27.2. The van der Waals surface area contributed by atoms with Crippen molar-refractivity contribution in [2.45, 2.75) is 0 Å². The fraction of sp³-hybridized carbons (Fsp3) is 0. The monoisotopic (exact) mass is 768 g/mol. The summed E-state index contributed by atoms with van der Waals surface area (Å²) in [4.78, 5) is 9.79. The van der Waals surface area contributed by atoms with Crippen molar-refractivity contribution in [3.05, 3.63) is 224 Å². The maximum absolute atomic E-state index is 9.22. The minimum absolute atomic E-state index is 0.00463. The third-order valence-electron chi connectivity index (χ3n) is 10.3. The number of benzene rings is 9. The zero-order chi connectivity index (χ0) is 53.9. The quantitative estimate of drug-likeness (QED) is 0.162. The van der Waals surface area contributed by atoms with E-state index in [0.717, 1.165) is 33.0 Å². The molecule has 0 unspecified atom stereocenters. The number of nitrogens with zero attached hydrogens (tertiary/aromatic N) is 3. The molecule has 9 aromatic carbocycles. The third-order valence-corrected chi connectivity index (χ3v) is 10.3. The van der Waals surface area contributed by atoms with Gasteiger partial charge in [0.15, 0.2) is 5.82 Å². The molecule has 0 bridgehead atoms. The van der Waals surface area contributed by atoms with E-state index in [4.69, 9.17) is 30.5 Å². The van der Waals surface area contributed by atoms with Gasteiger partial charge in [-0.05, 0) is 74.4 Å². The van der Waals surface area contributed by atoms with E-state index in [2.05, 4.69) is 0 Å². The van der Waals surface area contributed by atoms with E-state index in [-0.39, 0.29) is 51.0 Å². The first-order valence-corrected chi connectivity index (χ1v) is 18.7. The summed E-state index contributed by atoms with van der Waals surface area (Å²) in [6, 6.07) is 28.3. The molecule has 3 nitrogen and oxygen atoms in total. The van der Waals surface area contributed by atoms with Crippen molar-refractivity contribution >= 4 is 32.6 Å². The molecule has 11 aromatic rings. The number of rotatable bonds is 7. The number of hydrogen-bond donors (Lipinski definition) is 0. The summed E-state index contributed by atoms with van der Waals surface area (Å²) in [5.74, 6) is 0.243. The van der Waals surface area contributed by atoms with Crippen LogP contribution in [-0.2, 0) is 0 Å². The van der Waals surface area contributed by atoms with Crippen LogP contribution in [0.1, 0.15) is 23.3 Å². The Bertz CT molecular complexity index is 4160. The predicted octanol–water partition coefficient (Wildman–Crippen LogP) is 14.7. The van der Waals surface area contributed by atoms with E-state index in [1.165, 1.54) is 4.57 Å². The number of aromatic nitrogens is 3. The summed E-state index contributed by atoms with van der Waals surface area (Å²) < 4.78 is 148. The van der Waals surface area contributed by atoms with Crippen molar-refractivity contribution in [3.8, 4) is 73.0 Å². The van der Waals surface area contributed by atoms with E-state index >= 15 is 0 Å². The van der Waals surface area contributed by atoms with Gasteiger partial charge in [0, 0.05) is 33.2 Å². The highest BCUT2D eigenvalue weighted by Crippen LogP contribution is 2.38.